The van der Waals surface area contributed by atoms with Gasteiger partial charge in [0.1, 0.15) is 0 Å². The molecule has 0 spiro atoms. The Morgan fingerprint density at radius 1 is 1.06 bits per heavy atom. The van der Waals surface area contributed by atoms with E-state index in [-0.39, 0.29) is 0 Å². The molecule has 1 N–H and O–H groups in total. The second-order valence-electron chi connectivity index (χ2n) is 4.83. The summed E-state index contributed by atoms with van der Waals surface area (Å²) in [5.74, 6) is 0. The van der Waals surface area contributed by atoms with Crippen molar-refractivity contribution in [1.82, 2.24) is 10.3 Å². The van der Waals surface area contributed by atoms with E-state index in [0.29, 0.717) is 6.04 Å². The molecule has 1 saturated heterocycles. The molecule has 3 rings (SSSR count). The van der Waals surface area contributed by atoms with Crippen LogP contribution in [0.1, 0.15) is 30.9 Å². The Morgan fingerprint density at radius 2 is 2.00 bits per heavy atom. The molecule has 0 aliphatic carbocycles. The number of nitrogens with zero attached hydrogens (tertiary/aromatic N) is 1. The zero-order valence-electron chi connectivity index (χ0n) is 10.5. The van der Waals surface area contributed by atoms with Gasteiger partial charge in [0.05, 0.1) is 0 Å². The van der Waals surface area contributed by atoms with Gasteiger partial charge in [0.15, 0.2) is 0 Å². The van der Waals surface area contributed by atoms with Gasteiger partial charge in [0.2, 0.25) is 0 Å². The first-order valence-corrected chi connectivity index (χ1v) is 6.68. The molecule has 0 bridgehead atoms. The van der Waals surface area contributed by atoms with Gasteiger partial charge in [-0.25, -0.2) is 0 Å². The van der Waals surface area contributed by atoms with E-state index in [4.69, 9.17) is 0 Å². The summed E-state index contributed by atoms with van der Waals surface area (Å²) >= 11 is 0. The summed E-state index contributed by atoms with van der Waals surface area (Å²) in [5, 5.41) is 3.63. The van der Waals surface area contributed by atoms with E-state index in [1.165, 1.54) is 36.0 Å². The normalized spacial score (nSPS) is 19.7. The third-order valence-electron chi connectivity index (χ3n) is 3.62. The van der Waals surface area contributed by atoms with Crippen LogP contribution in [0.5, 0.6) is 0 Å². The number of hydrogen-bond acceptors (Lipinski definition) is 2. The number of rotatable bonds is 2. The fraction of sp³-hybridized carbons (Fsp3) is 0.312. The van der Waals surface area contributed by atoms with Crippen LogP contribution in [0, 0.1) is 0 Å². The number of pyridine rings is 1. The third-order valence-corrected chi connectivity index (χ3v) is 3.62. The van der Waals surface area contributed by atoms with E-state index in [1.54, 1.807) is 0 Å². The van der Waals surface area contributed by atoms with Crippen molar-refractivity contribution in [2.24, 2.45) is 0 Å². The largest absolute Gasteiger partial charge is 0.310 e. The third kappa shape index (κ3) is 2.29. The van der Waals surface area contributed by atoms with Crippen molar-refractivity contribution in [1.29, 1.82) is 0 Å². The molecule has 1 aliphatic rings. The molecule has 0 radical (unpaired) electrons. The number of benzene rings is 1. The first-order chi connectivity index (χ1) is 8.95. The van der Waals surface area contributed by atoms with Crippen molar-refractivity contribution in [3.05, 3.63) is 54.4 Å². The van der Waals surface area contributed by atoms with Gasteiger partial charge >= 0.3 is 0 Å². The van der Waals surface area contributed by atoms with Gasteiger partial charge < -0.3 is 5.32 Å². The molecule has 1 aromatic carbocycles. The van der Waals surface area contributed by atoms with Crippen LogP contribution >= 0.6 is 0 Å². The van der Waals surface area contributed by atoms with Gasteiger partial charge in [-0.15, -0.1) is 0 Å². The van der Waals surface area contributed by atoms with E-state index < -0.39 is 0 Å². The van der Waals surface area contributed by atoms with Crippen LogP contribution in [0.25, 0.3) is 11.1 Å². The summed E-state index contributed by atoms with van der Waals surface area (Å²) in [5.41, 5.74) is 3.93. The Labute approximate surface area is 108 Å². The quantitative estimate of drug-likeness (QED) is 0.865. The minimum atomic E-state index is 0.496. The SMILES string of the molecule is c1cncc(-c2ccccc2C2CCCCN2)c1. The summed E-state index contributed by atoms with van der Waals surface area (Å²) in [7, 11) is 0. The van der Waals surface area contributed by atoms with Crippen molar-refractivity contribution in [3.8, 4) is 11.1 Å². The molecule has 1 aromatic heterocycles. The highest BCUT2D eigenvalue weighted by atomic mass is 14.9. The van der Waals surface area contributed by atoms with Gasteiger partial charge in [0.25, 0.3) is 0 Å². The van der Waals surface area contributed by atoms with Gasteiger partial charge in [-0.05, 0) is 36.6 Å². The zero-order valence-corrected chi connectivity index (χ0v) is 10.5. The molecule has 1 fully saturated rings. The Hall–Kier alpha value is -1.67. The highest BCUT2D eigenvalue weighted by Gasteiger charge is 2.17. The predicted molar refractivity (Wildman–Crippen MR) is 74.3 cm³/mol. The van der Waals surface area contributed by atoms with Crippen LogP contribution < -0.4 is 5.32 Å². The van der Waals surface area contributed by atoms with Crippen molar-refractivity contribution in [3.63, 3.8) is 0 Å². The molecular formula is C16H18N2. The van der Waals surface area contributed by atoms with E-state index in [1.807, 2.05) is 18.5 Å². The Morgan fingerprint density at radius 3 is 2.78 bits per heavy atom. The first-order valence-electron chi connectivity index (χ1n) is 6.68. The Balaban J connectivity index is 1.99. The molecule has 2 heteroatoms. The molecule has 1 unspecified atom stereocenters. The second-order valence-corrected chi connectivity index (χ2v) is 4.83. The lowest BCUT2D eigenvalue weighted by Crippen LogP contribution is -2.27. The minimum absolute atomic E-state index is 0.496. The lowest BCUT2D eigenvalue weighted by molar-refractivity contribution is 0.413. The van der Waals surface area contributed by atoms with E-state index in [2.05, 4.69) is 40.6 Å². The average molecular weight is 238 g/mol. The van der Waals surface area contributed by atoms with Gasteiger partial charge in [-0.1, -0.05) is 36.8 Å². The highest BCUT2D eigenvalue weighted by Crippen LogP contribution is 2.31. The number of hydrogen-bond donors (Lipinski definition) is 1. The van der Waals surface area contributed by atoms with Crippen molar-refractivity contribution in [2.45, 2.75) is 25.3 Å². The minimum Gasteiger partial charge on any atom is -0.310 e. The first kappa shape index (κ1) is 11.4. The lowest BCUT2D eigenvalue weighted by Gasteiger charge is -2.26. The van der Waals surface area contributed by atoms with Crippen LogP contribution in [0.15, 0.2) is 48.8 Å². The molecular weight excluding hydrogens is 220 g/mol. The molecule has 2 nitrogen and oxygen atoms in total. The van der Waals surface area contributed by atoms with Crippen LogP contribution in [-0.4, -0.2) is 11.5 Å². The fourth-order valence-corrected chi connectivity index (χ4v) is 2.70. The van der Waals surface area contributed by atoms with Crippen molar-refractivity contribution < 1.29 is 0 Å². The summed E-state index contributed by atoms with van der Waals surface area (Å²) in [6.45, 7) is 1.13. The van der Waals surface area contributed by atoms with Crippen LogP contribution in [0.2, 0.25) is 0 Å². The highest BCUT2D eigenvalue weighted by molar-refractivity contribution is 5.67. The standard InChI is InChI=1S/C16H18N2/c1-2-8-15(16-9-3-4-11-18-16)14(7-1)13-6-5-10-17-12-13/h1-2,5-8,10,12,16,18H,3-4,9,11H2. The molecule has 1 atom stereocenters. The van der Waals surface area contributed by atoms with Crippen LogP contribution in [-0.2, 0) is 0 Å². The van der Waals surface area contributed by atoms with Crippen molar-refractivity contribution in [2.75, 3.05) is 6.54 Å². The molecule has 1 aliphatic heterocycles. The summed E-state index contributed by atoms with van der Waals surface area (Å²) in [6, 6.07) is 13.3. The maximum Gasteiger partial charge on any atom is 0.0346 e. The fourth-order valence-electron chi connectivity index (χ4n) is 2.70. The maximum atomic E-state index is 4.23. The second kappa shape index (κ2) is 5.32. The van der Waals surface area contributed by atoms with E-state index in [0.717, 1.165) is 6.54 Å². The number of piperidine rings is 1. The number of nitrogens with one attached hydrogen (secondary N) is 1. The van der Waals surface area contributed by atoms with Gasteiger partial charge in [0, 0.05) is 24.0 Å². The molecule has 0 amide bonds. The predicted octanol–water partition coefficient (Wildman–Crippen LogP) is 3.56. The summed E-state index contributed by atoms with van der Waals surface area (Å²) in [6.07, 6.45) is 7.62. The Kier molecular flexibility index (Phi) is 3.37. The molecule has 0 saturated carbocycles. The summed E-state index contributed by atoms with van der Waals surface area (Å²) < 4.78 is 0. The van der Waals surface area contributed by atoms with Crippen LogP contribution in [0.4, 0.5) is 0 Å². The molecule has 18 heavy (non-hydrogen) atoms. The maximum absolute atomic E-state index is 4.23. The average Bonchev–Trinajstić information content (AvgIpc) is 2.49. The van der Waals surface area contributed by atoms with E-state index >= 15 is 0 Å². The number of aromatic nitrogens is 1. The molecule has 2 aromatic rings. The Bertz CT molecular complexity index is 502. The molecule has 92 valence electrons. The van der Waals surface area contributed by atoms with Gasteiger partial charge in [-0.2, -0.15) is 0 Å². The van der Waals surface area contributed by atoms with Crippen LogP contribution in [0.3, 0.4) is 0 Å². The summed E-state index contributed by atoms with van der Waals surface area (Å²) in [4.78, 5) is 4.23. The lowest BCUT2D eigenvalue weighted by atomic mass is 9.91. The zero-order chi connectivity index (χ0) is 12.2. The van der Waals surface area contributed by atoms with Gasteiger partial charge in [-0.3, -0.25) is 4.98 Å². The molecule has 2 heterocycles. The van der Waals surface area contributed by atoms with Crippen molar-refractivity contribution >= 4 is 0 Å². The monoisotopic (exact) mass is 238 g/mol. The smallest absolute Gasteiger partial charge is 0.0346 e. The van der Waals surface area contributed by atoms with E-state index in [9.17, 15) is 0 Å². The topological polar surface area (TPSA) is 24.9 Å².